The van der Waals surface area contributed by atoms with Gasteiger partial charge < -0.3 is 5.11 Å². The highest BCUT2D eigenvalue weighted by atomic mass is 16.4. The highest BCUT2D eigenvalue weighted by Crippen LogP contribution is 1.80. The summed E-state index contributed by atoms with van der Waals surface area (Å²) < 4.78 is 0. The van der Waals surface area contributed by atoms with E-state index in [1.807, 2.05) is 6.92 Å². The van der Waals surface area contributed by atoms with Crippen LogP contribution in [0.15, 0.2) is 12.7 Å². The highest BCUT2D eigenvalue weighted by Gasteiger charge is 2.13. The Morgan fingerprint density at radius 2 is 2.33 bits per heavy atom. The van der Waals surface area contributed by atoms with Crippen LogP contribution in [0.1, 0.15) is 13.3 Å². The first-order valence-corrected chi connectivity index (χ1v) is 4.02. The van der Waals surface area contributed by atoms with Crippen LogP contribution in [-0.2, 0) is 4.79 Å². The molecule has 0 rings (SSSR count). The predicted molar refractivity (Wildman–Crippen MR) is 47.9 cm³/mol. The molecule has 0 saturated heterocycles. The van der Waals surface area contributed by atoms with E-state index in [1.54, 1.807) is 6.08 Å². The Morgan fingerprint density at radius 3 is 2.75 bits per heavy atom. The molecular formula is C8H16N2O2. The van der Waals surface area contributed by atoms with Crippen LogP contribution >= 0.6 is 0 Å². The molecule has 0 radical (unpaired) electrons. The summed E-state index contributed by atoms with van der Waals surface area (Å²) in [5, 5.41) is 14.3. The van der Waals surface area contributed by atoms with Gasteiger partial charge in [0.1, 0.15) is 0 Å². The van der Waals surface area contributed by atoms with Crippen LogP contribution in [0.2, 0.25) is 0 Å². The normalized spacial score (nSPS) is 12.4. The van der Waals surface area contributed by atoms with Crippen molar-refractivity contribution in [3.63, 3.8) is 0 Å². The Morgan fingerprint density at radius 1 is 1.67 bits per heavy atom. The van der Waals surface area contributed by atoms with Crippen LogP contribution in [0, 0.1) is 0 Å². The van der Waals surface area contributed by atoms with Gasteiger partial charge in [-0.2, -0.15) is 0 Å². The second-order valence-corrected chi connectivity index (χ2v) is 2.42. The van der Waals surface area contributed by atoms with Crippen molar-refractivity contribution < 1.29 is 9.90 Å². The van der Waals surface area contributed by atoms with E-state index in [2.05, 4.69) is 17.2 Å². The minimum atomic E-state index is -0.884. The molecule has 0 aliphatic carbocycles. The summed E-state index contributed by atoms with van der Waals surface area (Å²) in [6.07, 6.45) is 1.88. The van der Waals surface area contributed by atoms with Gasteiger partial charge >= 0.3 is 5.97 Å². The van der Waals surface area contributed by atoms with Crippen molar-refractivity contribution in [2.45, 2.75) is 19.5 Å². The van der Waals surface area contributed by atoms with Crippen LogP contribution in [0.25, 0.3) is 0 Å². The molecule has 1 unspecified atom stereocenters. The van der Waals surface area contributed by atoms with E-state index >= 15 is 0 Å². The lowest BCUT2D eigenvalue weighted by Gasteiger charge is -2.13. The van der Waals surface area contributed by atoms with Gasteiger partial charge in [-0.15, -0.1) is 6.58 Å². The Labute approximate surface area is 72.7 Å². The first kappa shape index (κ1) is 11.1. The fourth-order valence-electron chi connectivity index (χ4n) is 0.737. The number of aliphatic carboxylic acids is 1. The molecule has 0 fully saturated rings. The third kappa shape index (κ3) is 4.87. The molecule has 0 aliphatic rings. The molecule has 70 valence electrons. The Kier molecular flexibility index (Phi) is 6.32. The fraction of sp³-hybridized carbons (Fsp3) is 0.625. The number of nitrogens with one attached hydrogen (secondary N) is 2. The van der Waals surface area contributed by atoms with Crippen molar-refractivity contribution in [2.75, 3.05) is 13.1 Å². The maximum Gasteiger partial charge on any atom is 0.335 e. The number of carboxylic acids is 1. The monoisotopic (exact) mass is 172 g/mol. The van der Waals surface area contributed by atoms with Crippen molar-refractivity contribution >= 4 is 5.97 Å². The van der Waals surface area contributed by atoms with Crippen molar-refractivity contribution in [3.05, 3.63) is 12.7 Å². The largest absolute Gasteiger partial charge is 0.479 e. The lowest BCUT2D eigenvalue weighted by molar-refractivity contribution is -0.140. The summed E-state index contributed by atoms with van der Waals surface area (Å²) in [5.74, 6) is -0.884. The second kappa shape index (κ2) is 6.82. The average Bonchev–Trinajstić information content (AvgIpc) is 2.04. The molecule has 0 heterocycles. The van der Waals surface area contributed by atoms with Crippen LogP contribution in [0.5, 0.6) is 0 Å². The smallest absolute Gasteiger partial charge is 0.335 e. The number of rotatable bonds is 7. The maximum atomic E-state index is 10.6. The Balaban J connectivity index is 3.69. The van der Waals surface area contributed by atoms with Crippen molar-refractivity contribution in [3.8, 4) is 0 Å². The van der Waals surface area contributed by atoms with Gasteiger partial charge in [0, 0.05) is 6.54 Å². The first-order chi connectivity index (χ1) is 5.72. The van der Waals surface area contributed by atoms with Crippen molar-refractivity contribution in [1.29, 1.82) is 0 Å². The van der Waals surface area contributed by atoms with Gasteiger partial charge in [0.25, 0.3) is 0 Å². The minimum absolute atomic E-state index is 0.494. The number of carboxylic acid groups (broad SMARTS) is 1. The molecular weight excluding hydrogens is 156 g/mol. The molecule has 0 bridgehead atoms. The zero-order valence-electron chi connectivity index (χ0n) is 7.34. The van der Waals surface area contributed by atoms with Crippen LogP contribution < -0.4 is 10.6 Å². The predicted octanol–water partition coefficient (Wildman–Crippen LogP) is 0.172. The molecule has 12 heavy (non-hydrogen) atoms. The zero-order chi connectivity index (χ0) is 9.40. The van der Waals surface area contributed by atoms with E-state index in [0.29, 0.717) is 13.1 Å². The second-order valence-electron chi connectivity index (χ2n) is 2.42. The zero-order valence-corrected chi connectivity index (χ0v) is 7.34. The maximum absolute atomic E-state index is 10.6. The van der Waals surface area contributed by atoms with Gasteiger partial charge in [0.05, 0.1) is 0 Å². The summed E-state index contributed by atoms with van der Waals surface area (Å²) in [6.45, 7) is 6.66. The summed E-state index contributed by atoms with van der Waals surface area (Å²) in [4.78, 5) is 10.6. The Bertz CT molecular complexity index is 148. The molecule has 4 nitrogen and oxygen atoms in total. The topological polar surface area (TPSA) is 61.4 Å². The summed E-state index contributed by atoms with van der Waals surface area (Å²) in [7, 11) is 0. The van der Waals surface area contributed by atoms with Crippen LogP contribution in [-0.4, -0.2) is 30.3 Å². The average molecular weight is 172 g/mol. The standard InChI is InChI=1S/C8H16N2O2/c1-3-5-9-7(8(11)12)10-6-4-2/h3,7,9-10H,1,4-6H2,2H3,(H,11,12). The van der Waals surface area contributed by atoms with Crippen molar-refractivity contribution in [1.82, 2.24) is 10.6 Å². The van der Waals surface area contributed by atoms with E-state index in [0.717, 1.165) is 6.42 Å². The molecule has 0 spiro atoms. The first-order valence-electron chi connectivity index (χ1n) is 4.02. The molecule has 1 atom stereocenters. The van der Waals surface area contributed by atoms with Gasteiger partial charge in [0.15, 0.2) is 6.17 Å². The lowest BCUT2D eigenvalue weighted by Crippen LogP contribution is -2.48. The van der Waals surface area contributed by atoms with Gasteiger partial charge in [-0.25, -0.2) is 4.79 Å². The van der Waals surface area contributed by atoms with E-state index < -0.39 is 12.1 Å². The number of carbonyl (C=O) groups is 1. The van der Waals surface area contributed by atoms with Gasteiger partial charge in [0.2, 0.25) is 0 Å². The number of hydrogen-bond acceptors (Lipinski definition) is 3. The molecule has 4 heteroatoms. The minimum Gasteiger partial charge on any atom is -0.479 e. The summed E-state index contributed by atoms with van der Waals surface area (Å²) >= 11 is 0. The van der Waals surface area contributed by atoms with Crippen LogP contribution in [0.3, 0.4) is 0 Å². The van der Waals surface area contributed by atoms with E-state index in [9.17, 15) is 4.79 Å². The summed E-state index contributed by atoms with van der Waals surface area (Å²) in [6, 6.07) is 0. The molecule has 0 amide bonds. The molecule has 0 aliphatic heterocycles. The van der Waals surface area contributed by atoms with E-state index in [-0.39, 0.29) is 0 Å². The highest BCUT2D eigenvalue weighted by molar-refractivity contribution is 5.72. The third-order valence-corrected chi connectivity index (χ3v) is 1.31. The molecule has 0 aromatic carbocycles. The molecule has 0 saturated carbocycles. The van der Waals surface area contributed by atoms with Crippen molar-refractivity contribution in [2.24, 2.45) is 0 Å². The number of hydrogen-bond donors (Lipinski definition) is 3. The van der Waals surface area contributed by atoms with Gasteiger partial charge in [-0.1, -0.05) is 13.0 Å². The molecule has 0 aromatic heterocycles. The SMILES string of the molecule is C=CCNC(NCCC)C(=O)O. The molecule has 0 aromatic rings. The van der Waals surface area contributed by atoms with Gasteiger partial charge in [-0.3, -0.25) is 10.6 Å². The van der Waals surface area contributed by atoms with E-state index in [4.69, 9.17) is 5.11 Å². The van der Waals surface area contributed by atoms with E-state index in [1.165, 1.54) is 0 Å². The third-order valence-electron chi connectivity index (χ3n) is 1.31. The molecule has 3 N–H and O–H groups in total. The van der Waals surface area contributed by atoms with Gasteiger partial charge in [-0.05, 0) is 13.0 Å². The lowest BCUT2D eigenvalue weighted by atomic mass is 10.4. The summed E-state index contributed by atoms with van der Waals surface area (Å²) in [5.41, 5.74) is 0. The van der Waals surface area contributed by atoms with Crippen LogP contribution in [0.4, 0.5) is 0 Å². The Hall–Kier alpha value is -0.870. The fourth-order valence-corrected chi connectivity index (χ4v) is 0.737. The quantitative estimate of drug-likeness (QED) is 0.378.